The van der Waals surface area contributed by atoms with Crippen LogP contribution in [0.4, 0.5) is 0 Å². The molecule has 2 heterocycles. The summed E-state index contributed by atoms with van der Waals surface area (Å²) in [7, 11) is -2.49. The number of Topliss-reactive ketones (excluding diaryl/α,β-unsaturated/α-hetero) is 1. The zero-order valence-corrected chi connectivity index (χ0v) is 17.0. The number of carbonyl (C=O) groups is 2. The van der Waals surface area contributed by atoms with Crippen molar-refractivity contribution in [3.8, 4) is 0 Å². The van der Waals surface area contributed by atoms with Gasteiger partial charge in [0.15, 0.2) is 16.5 Å². The number of ether oxygens (including phenoxy) is 2. The zero-order chi connectivity index (χ0) is 20.4. The van der Waals surface area contributed by atoms with Crippen molar-refractivity contribution < 1.29 is 27.5 Å². The van der Waals surface area contributed by atoms with Crippen molar-refractivity contribution in [1.29, 1.82) is 0 Å². The minimum Gasteiger partial charge on any atom is -0.453 e. The molecular formula is C16H21N3O6S2. The van der Waals surface area contributed by atoms with E-state index in [1.807, 2.05) is 18.4 Å². The van der Waals surface area contributed by atoms with Crippen LogP contribution < -0.4 is 5.14 Å². The Bertz CT molecular complexity index is 961. The number of ketones is 1. The standard InChI is InChI=1S/C16H21N3O6S2/c1-9-5-12(11(3)19(9)10(2)6-24-4)13(20)7-25-15(21)14-16(26-8-18-14)27(17,22)23/h5,8,10H,6-7H2,1-4H3,(H2,17,22,23)/t10-/m1/s1. The summed E-state index contributed by atoms with van der Waals surface area (Å²) in [6, 6.07) is 1.75. The summed E-state index contributed by atoms with van der Waals surface area (Å²) in [6.45, 7) is 5.58. The van der Waals surface area contributed by atoms with Gasteiger partial charge < -0.3 is 14.0 Å². The second-order valence-corrected chi connectivity index (χ2v) is 8.60. The third-order valence-electron chi connectivity index (χ3n) is 3.95. The molecule has 2 N–H and O–H groups in total. The fourth-order valence-electron chi connectivity index (χ4n) is 2.90. The molecule has 0 radical (unpaired) electrons. The molecule has 148 valence electrons. The summed E-state index contributed by atoms with van der Waals surface area (Å²) < 4.78 is 34.6. The lowest BCUT2D eigenvalue weighted by Gasteiger charge is -2.17. The van der Waals surface area contributed by atoms with E-state index in [2.05, 4.69) is 4.98 Å². The minimum atomic E-state index is -4.09. The molecule has 0 aliphatic carbocycles. The first-order valence-electron chi connectivity index (χ1n) is 7.91. The van der Waals surface area contributed by atoms with Gasteiger partial charge in [0.25, 0.3) is 0 Å². The molecule has 0 spiro atoms. The molecule has 0 bridgehead atoms. The van der Waals surface area contributed by atoms with E-state index in [-0.39, 0.29) is 6.04 Å². The van der Waals surface area contributed by atoms with E-state index in [0.717, 1.165) is 11.4 Å². The Morgan fingerprint density at radius 1 is 1.37 bits per heavy atom. The first kappa shape index (κ1) is 21.2. The van der Waals surface area contributed by atoms with Gasteiger partial charge in [-0.2, -0.15) is 0 Å². The summed E-state index contributed by atoms with van der Waals surface area (Å²) in [6.07, 6.45) is 0. The van der Waals surface area contributed by atoms with Gasteiger partial charge in [-0.05, 0) is 26.8 Å². The van der Waals surface area contributed by atoms with Crippen LogP contribution in [0.2, 0.25) is 0 Å². The van der Waals surface area contributed by atoms with Crippen molar-refractivity contribution in [2.45, 2.75) is 31.0 Å². The summed E-state index contributed by atoms with van der Waals surface area (Å²) in [5.41, 5.74) is 2.78. The lowest BCUT2D eigenvalue weighted by molar-refractivity contribution is 0.0466. The molecule has 0 aliphatic rings. The van der Waals surface area contributed by atoms with E-state index >= 15 is 0 Å². The maximum absolute atomic E-state index is 12.5. The van der Waals surface area contributed by atoms with Crippen molar-refractivity contribution >= 4 is 33.1 Å². The molecule has 0 saturated heterocycles. The number of aromatic nitrogens is 2. The number of thiazole rings is 1. The molecule has 2 rings (SSSR count). The fraction of sp³-hybridized carbons (Fsp3) is 0.438. The predicted molar refractivity (Wildman–Crippen MR) is 98.6 cm³/mol. The van der Waals surface area contributed by atoms with E-state index in [1.165, 1.54) is 5.51 Å². The molecule has 27 heavy (non-hydrogen) atoms. The fourth-order valence-corrected chi connectivity index (χ4v) is 4.48. The van der Waals surface area contributed by atoms with E-state index in [4.69, 9.17) is 14.6 Å². The molecule has 2 aromatic rings. The molecule has 1 atom stereocenters. The number of nitrogens with two attached hydrogens (primary N) is 1. The SMILES string of the molecule is COC[C@@H](C)n1c(C)cc(C(=O)COC(=O)c2ncsc2S(N)(=O)=O)c1C. The number of rotatable bonds is 8. The smallest absolute Gasteiger partial charge is 0.359 e. The van der Waals surface area contributed by atoms with Gasteiger partial charge in [-0.3, -0.25) is 4.79 Å². The largest absolute Gasteiger partial charge is 0.453 e. The number of esters is 1. The lowest BCUT2D eigenvalue weighted by atomic mass is 10.1. The van der Waals surface area contributed by atoms with Crippen molar-refractivity contribution in [3.63, 3.8) is 0 Å². The number of aryl methyl sites for hydroxylation is 1. The quantitative estimate of drug-likeness (QED) is 0.510. The Balaban J connectivity index is 2.14. The van der Waals surface area contributed by atoms with Gasteiger partial charge in [-0.15, -0.1) is 11.3 Å². The molecule has 0 amide bonds. The molecule has 0 unspecified atom stereocenters. The van der Waals surface area contributed by atoms with Gasteiger partial charge in [-0.1, -0.05) is 0 Å². The van der Waals surface area contributed by atoms with Gasteiger partial charge in [0.05, 0.1) is 18.2 Å². The average Bonchev–Trinajstić information content (AvgIpc) is 3.17. The van der Waals surface area contributed by atoms with Gasteiger partial charge >= 0.3 is 5.97 Å². The molecule has 11 heteroatoms. The van der Waals surface area contributed by atoms with Crippen LogP contribution in [0.5, 0.6) is 0 Å². The third-order valence-corrected chi connectivity index (χ3v) is 6.27. The van der Waals surface area contributed by atoms with Crippen LogP contribution in [0.25, 0.3) is 0 Å². The van der Waals surface area contributed by atoms with Crippen LogP contribution in [0.1, 0.15) is 45.2 Å². The van der Waals surface area contributed by atoms with Gasteiger partial charge in [0.2, 0.25) is 15.8 Å². The number of carbonyl (C=O) groups excluding carboxylic acids is 2. The van der Waals surface area contributed by atoms with Crippen molar-refractivity contribution in [1.82, 2.24) is 9.55 Å². The van der Waals surface area contributed by atoms with Crippen molar-refractivity contribution in [2.75, 3.05) is 20.3 Å². The van der Waals surface area contributed by atoms with Gasteiger partial charge in [0.1, 0.15) is 0 Å². The number of hydrogen-bond donors (Lipinski definition) is 1. The Morgan fingerprint density at radius 3 is 2.63 bits per heavy atom. The Morgan fingerprint density at radius 2 is 2.04 bits per heavy atom. The molecule has 0 saturated carbocycles. The van der Waals surface area contributed by atoms with E-state index in [0.29, 0.717) is 23.5 Å². The van der Waals surface area contributed by atoms with E-state index < -0.39 is 38.3 Å². The van der Waals surface area contributed by atoms with Crippen LogP contribution in [0.15, 0.2) is 15.8 Å². The van der Waals surface area contributed by atoms with Crippen LogP contribution in [-0.4, -0.2) is 50.0 Å². The first-order chi connectivity index (χ1) is 12.6. The van der Waals surface area contributed by atoms with Gasteiger partial charge in [-0.25, -0.2) is 23.3 Å². The normalized spacial score (nSPS) is 12.8. The highest BCUT2D eigenvalue weighted by atomic mass is 32.2. The first-order valence-corrected chi connectivity index (χ1v) is 10.3. The second-order valence-electron chi connectivity index (χ2n) is 5.99. The lowest BCUT2D eigenvalue weighted by Crippen LogP contribution is -2.19. The maximum Gasteiger partial charge on any atom is 0.359 e. The zero-order valence-electron chi connectivity index (χ0n) is 15.4. The molecule has 0 aliphatic heterocycles. The van der Waals surface area contributed by atoms with Crippen LogP contribution in [0, 0.1) is 13.8 Å². The average molecular weight is 415 g/mol. The Hall–Kier alpha value is -2.08. The number of hydrogen-bond acceptors (Lipinski definition) is 8. The minimum absolute atomic E-state index is 0.0337. The number of sulfonamides is 1. The molecule has 0 aromatic carbocycles. The molecule has 0 fully saturated rings. The highest BCUT2D eigenvalue weighted by Gasteiger charge is 2.25. The second kappa shape index (κ2) is 8.30. The van der Waals surface area contributed by atoms with Crippen LogP contribution >= 0.6 is 11.3 Å². The summed E-state index contributed by atoms with van der Waals surface area (Å²) >= 11 is 0.706. The topological polar surface area (TPSA) is 131 Å². The van der Waals surface area contributed by atoms with Crippen LogP contribution in [-0.2, 0) is 19.5 Å². The molecular weight excluding hydrogens is 394 g/mol. The van der Waals surface area contributed by atoms with Crippen molar-refractivity contribution in [3.05, 3.63) is 34.2 Å². The summed E-state index contributed by atoms with van der Waals surface area (Å²) in [5, 5.41) is 5.03. The number of methoxy groups -OCH3 is 1. The molecule has 2 aromatic heterocycles. The van der Waals surface area contributed by atoms with E-state index in [1.54, 1.807) is 20.1 Å². The monoisotopic (exact) mass is 415 g/mol. The maximum atomic E-state index is 12.5. The third kappa shape index (κ3) is 4.61. The predicted octanol–water partition coefficient (Wildman–Crippen LogP) is 1.46. The van der Waals surface area contributed by atoms with Gasteiger partial charge in [0, 0.05) is 24.1 Å². The molecule has 9 nitrogen and oxygen atoms in total. The summed E-state index contributed by atoms with van der Waals surface area (Å²) in [4.78, 5) is 28.2. The van der Waals surface area contributed by atoms with Crippen molar-refractivity contribution in [2.24, 2.45) is 5.14 Å². The van der Waals surface area contributed by atoms with Crippen LogP contribution in [0.3, 0.4) is 0 Å². The highest BCUT2D eigenvalue weighted by Crippen LogP contribution is 2.22. The highest BCUT2D eigenvalue weighted by molar-refractivity contribution is 7.91. The number of nitrogens with zero attached hydrogens (tertiary/aromatic N) is 2. The van der Waals surface area contributed by atoms with E-state index in [9.17, 15) is 18.0 Å². The number of primary sulfonamides is 1. The Labute approximate surface area is 161 Å². The summed E-state index contributed by atoms with van der Waals surface area (Å²) in [5.74, 6) is -1.42. The Kier molecular flexibility index (Phi) is 6.52.